The smallest absolute Gasteiger partial charge is 0.0601 e. The third-order valence-corrected chi connectivity index (χ3v) is 8.65. The van der Waals surface area contributed by atoms with Crippen molar-refractivity contribution < 1.29 is 10.2 Å². The number of hydrogen-bond donors (Lipinski definition) is 2. The first-order valence-corrected chi connectivity index (χ1v) is 9.93. The number of allylic oxidation sites excluding steroid dienone is 2. The van der Waals surface area contributed by atoms with Crippen molar-refractivity contribution in [3.63, 3.8) is 0 Å². The molecule has 8 atom stereocenters. The fraction of sp³-hybridized carbons (Fsp3) is 0.905. The van der Waals surface area contributed by atoms with Crippen LogP contribution in [0.2, 0.25) is 0 Å². The molecule has 2 heteroatoms. The number of rotatable bonds is 1. The summed E-state index contributed by atoms with van der Waals surface area (Å²) in [6.07, 6.45) is 11.9. The molecule has 0 aromatic rings. The van der Waals surface area contributed by atoms with Crippen molar-refractivity contribution in [3.05, 3.63) is 11.6 Å². The molecule has 0 amide bonds. The maximum Gasteiger partial charge on any atom is 0.0601 e. The van der Waals surface area contributed by atoms with E-state index >= 15 is 0 Å². The molecule has 0 bridgehead atoms. The minimum absolute atomic E-state index is 0.0676. The van der Waals surface area contributed by atoms with E-state index in [1.54, 1.807) is 5.57 Å². The number of fused-ring (bicyclic) bond motifs is 5. The lowest BCUT2D eigenvalue weighted by Crippen LogP contribution is -2.50. The van der Waals surface area contributed by atoms with E-state index in [9.17, 15) is 10.2 Å². The summed E-state index contributed by atoms with van der Waals surface area (Å²) in [5, 5.41) is 21.0. The number of aliphatic hydroxyl groups excluding tert-OH is 2. The van der Waals surface area contributed by atoms with Gasteiger partial charge < -0.3 is 10.2 Å². The summed E-state index contributed by atoms with van der Waals surface area (Å²) in [5.41, 5.74) is 2.31. The van der Waals surface area contributed by atoms with E-state index < -0.39 is 6.10 Å². The third-order valence-electron chi connectivity index (χ3n) is 8.65. The van der Waals surface area contributed by atoms with Crippen LogP contribution in [0.4, 0.5) is 0 Å². The molecule has 0 saturated heterocycles. The molecule has 4 rings (SSSR count). The van der Waals surface area contributed by atoms with Gasteiger partial charge in [-0.15, -0.1) is 0 Å². The van der Waals surface area contributed by atoms with Crippen LogP contribution in [-0.4, -0.2) is 22.4 Å². The fourth-order valence-corrected chi connectivity index (χ4v) is 7.62. The van der Waals surface area contributed by atoms with Gasteiger partial charge in [0.1, 0.15) is 0 Å². The van der Waals surface area contributed by atoms with Crippen LogP contribution in [-0.2, 0) is 0 Å². The maximum atomic E-state index is 10.7. The molecule has 130 valence electrons. The van der Waals surface area contributed by atoms with Gasteiger partial charge in [0.05, 0.1) is 12.2 Å². The first-order valence-electron chi connectivity index (χ1n) is 9.93. The molecule has 0 aliphatic heterocycles. The molecule has 3 fully saturated rings. The van der Waals surface area contributed by atoms with Gasteiger partial charge in [0.25, 0.3) is 0 Å². The van der Waals surface area contributed by atoms with Crippen LogP contribution in [0.3, 0.4) is 0 Å². The zero-order valence-corrected chi connectivity index (χ0v) is 15.1. The summed E-state index contributed by atoms with van der Waals surface area (Å²) >= 11 is 0. The zero-order valence-electron chi connectivity index (χ0n) is 15.1. The second-order valence-electron chi connectivity index (χ2n) is 9.58. The lowest BCUT2D eigenvalue weighted by atomic mass is 9.47. The van der Waals surface area contributed by atoms with Crippen molar-refractivity contribution in [3.8, 4) is 0 Å². The van der Waals surface area contributed by atoms with Crippen LogP contribution < -0.4 is 0 Å². The fourth-order valence-electron chi connectivity index (χ4n) is 7.62. The first-order chi connectivity index (χ1) is 10.9. The minimum atomic E-state index is -0.392. The van der Waals surface area contributed by atoms with Crippen molar-refractivity contribution in [2.24, 2.45) is 34.5 Å². The molecule has 23 heavy (non-hydrogen) atoms. The van der Waals surface area contributed by atoms with E-state index in [2.05, 4.69) is 19.9 Å². The summed E-state index contributed by atoms with van der Waals surface area (Å²) in [6, 6.07) is 0. The standard InChI is InChI=1S/C21H34O2/c1-13(22)19-18(23)12-17-15-8-7-14-6-4-5-10-20(14,2)16(15)9-11-21(17,19)3/h7,13,15-19,22-23H,4-6,8-12H2,1-3H3/t13?,15-,16+,17+,18+,19+,20+,21+/m1/s1. The topological polar surface area (TPSA) is 40.5 Å². The Hall–Kier alpha value is -0.340. The van der Waals surface area contributed by atoms with Crippen LogP contribution in [0, 0.1) is 34.5 Å². The lowest BCUT2D eigenvalue weighted by Gasteiger charge is -2.57. The summed E-state index contributed by atoms with van der Waals surface area (Å²) in [6.45, 7) is 6.79. The Morgan fingerprint density at radius 3 is 2.70 bits per heavy atom. The first kappa shape index (κ1) is 16.1. The van der Waals surface area contributed by atoms with E-state index in [0.717, 1.165) is 18.3 Å². The van der Waals surface area contributed by atoms with Gasteiger partial charge in [0.2, 0.25) is 0 Å². The predicted octanol–water partition coefficient (Wildman–Crippen LogP) is 4.31. The molecule has 2 nitrogen and oxygen atoms in total. The number of aliphatic hydroxyl groups is 2. The Balaban J connectivity index is 1.68. The van der Waals surface area contributed by atoms with Crippen molar-refractivity contribution in [1.29, 1.82) is 0 Å². The van der Waals surface area contributed by atoms with Crippen LogP contribution >= 0.6 is 0 Å². The molecule has 4 aliphatic rings. The second-order valence-corrected chi connectivity index (χ2v) is 9.58. The molecule has 4 aliphatic carbocycles. The Morgan fingerprint density at radius 1 is 1.17 bits per heavy atom. The van der Waals surface area contributed by atoms with Crippen LogP contribution in [0.1, 0.15) is 72.1 Å². The summed E-state index contributed by atoms with van der Waals surface area (Å²) in [7, 11) is 0. The van der Waals surface area contributed by atoms with Crippen LogP contribution in [0.15, 0.2) is 11.6 Å². The highest BCUT2D eigenvalue weighted by Crippen LogP contribution is 2.66. The summed E-state index contributed by atoms with van der Waals surface area (Å²) < 4.78 is 0. The molecule has 0 radical (unpaired) electrons. The molecule has 0 heterocycles. The molecule has 0 aromatic heterocycles. The molecule has 2 N–H and O–H groups in total. The van der Waals surface area contributed by atoms with Crippen molar-refractivity contribution in [2.45, 2.75) is 84.3 Å². The molecule has 0 spiro atoms. The Morgan fingerprint density at radius 2 is 1.96 bits per heavy atom. The van der Waals surface area contributed by atoms with Gasteiger partial charge in [-0.1, -0.05) is 31.9 Å². The highest BCUT2D eigenvalue weighted by atomic mass is 16.3. The van der Waals surface area contributed by atoms with Gasteiger partial charge in [-0.3, -0.25) is 0 Å². The normalized spacial score (nSPS) is 53.8. The van der Waals surface area contributed by atoms with Gasteiger partial charge >= 0.3 is 0 Å². The average molecular weight is 319 g/mol. The highest BCUT2D eigenvalue weighted by molar-refractivity contribution is 5.24. The maximum absolute atomic E-state index is 10.7. The molecule has 0 aromatic carbocycles. The van der Waals surface area contributed by atoms with Crippen LogP contribution in [0.25, 0.3) is 0 Å². The van der Waals surface area contributed by atoms with Gasteiger partial charge in [-0.25, -0.2) is 0 Å². The predicted molar refractivity (Wildman–Crippen MR) is 92.9 cm³/mol. The van der Waals surface area contributed by atoms with E-state index in [4.69, 9.17) is 0 Å². The Bertz CT molecular complexity index is 510. The third kappa shape index (κ3) is 2.13. The summed E-state index contributed by atoms with van der Waals surface area (Å²) in [4.78, 5) is 0. The molecule has 1 unspecified atom stereocenters. The van der Waals surface area contributed by atoms with E-state index in [1.807, 2.05) is 6.92 Å². The Labute approximate surface area is 141 Å². The van der Waals surface area contributed by atoms with E-state index in [-0.39, 0.29) is 17.4 Å². The highest BCUT2D eigenvalue weighted by Gasteiger charge is 2.61. The SMILES string of the molecule is CC(O)[C@H]1[C@@H](O)C[C@H]2[C@@H]3CC=C4CCCC[C@]4(C)[C@H]3CC[C@@]21C. The van der Waals surface area contributed by atoms with Crippen molar-refractivity contribution >= 4 is 0 Å². The Kier molecular flexibility index (Phi) is 3.74. The molecular formula is C21H34O2. The lowest BCUT2D eigenvalue weighted by molar-refractivity contribution is -0.0721. The molecular weight excluding hydrogens is 284 g/mol. The quantitative estimate of drug-likeness (QED) is 0.707. The van der Waals surface area contributed by atoms with Crippen molar-refractivity contribution in [1.82, 2.24) is 0 Å². The largest absolute Gasteiger partial charge is 0.393 e. The number of hydrogen-bond acceptors (Lipinski definition) is 2. The second kappa shape index (κ2) is 5.33. The van der Waals surface area contributed by atoms with Gasteiger partial charge in [-0.2, -0.15) is 0 Å². The van der Waals surface area contributed by atoms with E-state index in [0.29, 0.717) is 11.3 Å². The molecule has 3 saturated carbocycles. The monoisotopic (exact) mass is 318 g/mol. The van der Waals surface area contributed by atoms with Crippen molar-refractivity contribution in [2.75, 3.05) is 0 Å². The van der Waals surface area contributed by atoms with E-state index in [1.165, 1.54) is 44.9 Å². The van der Waals surface area contributed by atoms with Gasteiger partial charge in [0.15, 0.2) is 0 Å². The summed E-state index contributed by atoms with van der Waals surface area (Å²) in [5.74, 6) is 2.19. The average Bonchev–Trinajstić information content (AvgIpc) is 2.77. The van der Waals surface area contributed by atoms with Crippen LogP contribution in [0.5, 0.6) is 0 Å². The minimum Gasteiger partial charge on any atom is -0.393 e. The van der Waals surface area contributed by atoms with Gasteiger partial charge in [-0.05, 0) is 80.5 Å². The van der Waals surface area contributed by atoms with Gasteiger partial charge in [0, 0.05) is 5.92 Å². The zero-order chi connectivity index (χ0) is 16.4.